The van der Waals surface area contributed by atoms with Crippen LogP contribution < -0.4 is 14.2 Å². The van der Waals surface area contributed by atoms with Crippen LogP contribution in [-0.4, -0.2) is 70.5 Å². The Labute approximate surface area is 179 Å². The van der Waals surface area contributed by atoms with Gasteiger partial charge in [-0.1, -0.05) is 0 Å². The number of hydrogen-bond acceptors (Lipinski definition) is 6. The summed E-state index contributed by atoms with van der Waals surface area (Å²) in [7, 11) is -0.919. The number of hydrogen-bond donors (Lipinski definition) is 0. The van der Waals surface area contributed by atoms with Gasteiger partial charge in [0.25, 0.3) is 5.91 Å². The van der Waals surface area contributed by atoms with Gasteiger partial charge in [-0.25, -0.2) is 8.42 Å². The maximum atomic E-state index is 12.8. The topological polar surface area (TPSA) is 85.4 Å². The van der Waals surface area contributed by atoms with Gasteiger partial charge in [0, 0.05) is 31.7 Å². The Balaban J connectivity index is 1.68. The van der Waals surface area contributed by atoms with Crippen molar-refractivity contribution in [3.05, 3.63) is 48.0 Å². The van der Waals surface area contributed by atoms with Gasteiger partial charge in [0.05, 0.1) is 19.1 Å². The number of benzene rings is 2. The van der Waals surface area contributed by atoms with E-state index in [4.69, 9.17) is 9.47 Å². The van der Waals surface area contributed by atoms with Crippen molar-refractivity contribution in [3.8, 4) is 17.2 Å². The van der Waals surface area contributed by atoms with E-state index in [1.54, 1.807) is 12.1 Å². The highest BCUT2D eigenvalue weighted by atomic mass is 32.2. The van der Waals surface area contributed by atoms with Gasteiger partial charge in [0.15, 0.2) is 11.5 Å². The zero-order valence-corrected chi connectivity index (χ0v) is 17.8. The lowest BCUT2D eigenvalue weighted by molar-refractivity contribution is -0.0512. The normalized spacial score (nSPS) is 15.1. The number of rotatable bonds is 7. The molecule has 0 aromatic heterocycles. The molecule has 1 fully saturated rings. The van der Waals surface area contributed by atoms with E-state index >= 15 is 0 Å². The Morgan fingerprint density at radius 3 is 2.13 bits per heavy atom. The molecule has 11 heteroatoms. The van der Waals surface area contributed by atoms with Crippen molar-refractivity contribution in [3.63, 3.8) is 0 Å². The molecule has 0 aliphatic carbocycles. The summed E-state index contributed by atoms with van der Waals surface area (Å²) in [5.41, 5.74) is 0.227. The Bertz CT molecular complexity index is 1020. The van der Waals surface area contributed by atoms with E-state index in [1.807, 2.05) is 0 Å². The van der Waals surface area contributed by atoms with Crippen LogP contribution in [0.15, 0.2) is 47.4 Å². The lowest BCUT2D eigenvalue weighted by atomic mass is 10.1. The summed E-state index contributed by atoms with van der Waals surface area (Å²) >= 11 is 0. The molecule has 168 valence electrons. The molecule has 1 heterocycles. The van der Waals surface area contributed by atoms with E-state index in [0.29, 0.717) is 5.75 Å². The van der Waals surface area contributed by atoms with Crippen molar-refractivity contribution < 1.29 is 36.2 Å². The van der Waals surface area contributed by atoms with E-state index in [0.717, 1.165) is 0 Å². The summed E-state index contributed by atoms with van der Waals surface area (Å²) in [5, 5.41) is 0. The van der Waals surface area contributed by atoms with Crippen molar-refractivity contribution >= 4 is 15.9 Å². The largest absolute Gasteiger partial charge is 0.497 e. The molecule has 0 spiro atoms. The molecule has 2 aromatic rings. The lowest BCUT2D eigenvalue weighted by Crippen LogP contribution is -2.50. The van der Waals surface area contributed by atoms with Crippen molar-refractivity contribution in [2.45, 2.75) is 11.5 Å². The minimum absolute atomic E-state index is 0.00636. The third-order valence-corrected chi connectivity index (χ3v) is 6.76. The van der Waals surface area contributed by atoms with Crippen LogP contribution in [0.25, 0.3) is 0 Å². The number of amides is 1. The number of methoxy groups -OCH3 is 2. The highest BCUT2D eigenvalue weighted by Gasteiger charge is 2.30. The van der Waals surface area contributed by atoms with Gasteiger partial charge >= 0.3 is 6.61 Å². The van der Waals surface area contributed by atoms with Gasteiger partial charge in [-0.15, -0.1) is 0 Å². The summed E-state index contributed by atoms with van der Waals surface area (Å²) < 4.78 is 66.3. The molecule has 0 atom stereocenters. The molecular formula is C20H22F2N2O6S. The summed E-state index contributed by atoms with van der Waals surface area (Å²) in [6.45, 7) is -2.39. The third kappa shape index (κ3) is 5.05. The number of piperazine rings is 1. The standard InChI is InChI=1S/C20H22F2N2O6S/c1-28-15-4-6-16(7-5-15)31(26,27)24-11-9-23(10-12-24)19(25)14-3-8-17(30-20(21)22)18(13-14)29-2/h3-8,13,20H,9-12H2,1-2H3. The average molecular weight is 456 g/mol. The summed E-state index contributed by atoms with van der Waals surface area (Å²) in [5.74, 6) is 0.0227. The molecule has 2 aromatic carbocycles. The van der Waals surface area contributed by atoms with Crippen LogP contribution in [0.4, 0.5) is 8.78 Å². The minimum atomic E-state index is -3.70. The van der Waals surface area contributed by atoms with Crippen LogP contribution >= 0.6 is 0 Å². The predicted molar refractivity (Wildman–Crippen MR) is 107 cm³/mol. The van der Waals surface area contributed by atoms with E-state index in [1.165, 1.54) is 53.8 Å². The number of carbonyl (C=O) groups is 1. The Hall–Kier alpha value is -2.92. The first-order chi connectivity index (χ1) is 14.8. The van der Waals surface area contributed by atoms with E-state index in [2.05, 4.69) is 4.74 Å². The van der Waals surface area contributed by atoms with Gasteiger partial charge < -0.3 is 19.1 Å². The Kier molecular flexibility index (Phi) is 6.96. The average Bonchev–Trinajstić information content (AvgIpc) is 2.78. The number of ether oxygens (including phenoxy) is 3. The zero-order valence-electron chi connectivity index (χ0n) is 17.0. The molecule has 0 saturated carbocycles. The van der Waals surface area contributed by atoms with Gasteiger partial charge in [0.1, 0.15) is 5.75 Å². The van der Waals surface area contributed by atoms with Gasteiger partial charge in [0.2, 0.25) is 10.0 Å². The second-order valence-corrected chi connectivity index (χ2v) is 8.55. The van der Waals surface area contributed by atoms with Crippen molar-refractivity contribution in [2.24, 2.45) is 0 Å². The van der Waals surface area contributed by atoms with Crippen LogP contribution in [0, 0.1) is 0 Å². The number of carbonyl (C=O) groups excluding carboxylic acids is 1. The second kappa shape index (κ2) is 9.48. The molecule has 1 aliphatic heterocycles. The lowest BCUT2D eigenvalue weighted by Gasteiger charge is -2.34. The number of nitrogens with zero attached hydrogens (tertiary/aromatic N) is 2. The molecule has 8 nitrogen and oxygen atoms in total. The SMILES string of the molecule is COc1ccc(S(=O)(=O)N2CCN(C(=O)c3ccc(OC(F)F)c(OC)c3)CC2)cc1. The van der Waals surface area contributed by atoms with Gasteiger partial charge in [-0.3, -0.25) is 4.79 Å². The third-order valence-electron chi connectivity index (χ3n) is 4.85. The van der Waals surface area contributed by atoms with E-state index in [-0.39, 0.29) is 54.0 Å². The van der Waals surface area contributed by atoms with Gasteiger partial charge in [-0.2, -0.15) is 13.1 Å². The Morgan fingerprint density at radius 2 is 1.58 bits per heavy atom. The predicted octanol–water partition coefficient (Wildman–Crippen LogP) is 2.45. The highest BCUT2D eigenvalue weighted by molar-refractivity contribution is 7.89. The van der Waals surface area contributed by atoms with Crippen molar-refractivity contribution in [1.29, 1.82) is 0 Å². The Morgan fingerprint density at radius 1 is 0.935 bits per heavy atom. The summed E-state index contributed by atoms with van der Waals surface area (Å²) in [4.78, 5) is 14.4. The fourth-order valence-electron chi connectivity index (χ4n) is 3.20. The number of sulfonamides is 1. The van der Waals surface area contributed by atoms with Crippen molar-refractivity contribution in [1.82, 2.24) is 9.21 Å². The molecule has 3 rings (SSSR count). The van der Waals surface area contributed by atoms with Crippen molar-refractivity contribution in [2.75, 3.05) is 40.4 Å². The molecule has 1 amide bonds. The zero-order chi connectivity index (χ0) is 22.6. The van der Waals surface area contributed by atoms with E-state index < -0.39 is 16.6 Å². The summed E-state index contributed by atoms with van der Waals surface area (Å²) in [6, 6.07) is 10.0. The first-order valence-electron chi connectivity index (χ1n) is 9.32. The molecule has 0 radical (unpaired) electrons. The molecule has 1 saturated heterocycles. The van der Waals surface area contributed by atoms with Crippen LogP contribution in [0.3, 0.4) is 0 Å². The van der Waals surface area contributed by atoms with Gasteiger partial charge in [-0.05, 0) is 42.5 Å². The smallest absolute Gasteiger partial charge is 0.387 e. The quantitative estimate of drug-likeness (QED) is 0.636. The molecule has 31 heavy (non-hydrogen) atoms. The highest BCUT2D eigenvalue weighted by Crippen LogP contribution is 2.30. The minimum Gasteiger partial charge on any atom is -0.497 e. The van der Waals surface area contributed by atoms with E-state index in [9.17, 15) is 22.0 Å². The first-order valence-corrected chi connectivity index (χ1v) is 10.8. The number of alkyl halides is 2. The molecule has 0 bridgehead atoms. The molecule has 0 N–H and O–H groups in total. The summed E-state index contributed by atoms with van der Waals surface area (Å²) in [6.07, 6.45) is 0. The van der Waals surface area contributed by atoms with Crippen LogP contribution in [0.1, 0.15) is 10.4 Å². The first kappa shape index (κ1) is 22.8. The number of halogens is 2. The monoisotopic (exact) mass is 456 g/mol. The molecular weight excluding hydrogens is 434 g/mol. The maximum Gasteiger partial charge on any atom is 0.387 e. The molecule has 1 aliphatic rings. The fraction of sp³-hybridized carbons (Fsp3) is 0.350. The fourth-order valence-corrected chi connectivity index (χ4v) is 4.63. The van der Waals surface area contributed by atoms with Crippen LogP contribution in [0.5, 0.6) is 17.2 Å². The maximum absolute atomic E-state index is 12.8. The van der Waals surface area contributed by atoms with Crippen LogP contribution in [0.2, 0.25) is 0 Å². The molecule has 0 unspecified atom stereocenters. The van der Waals surface area contributed by atoms with Crippen LogP contribution in [-0.2, 0) is 10.0 Å². The second-order valence-electron chi connectivity index (χ2n) is 6.62.